The average molecular weight is 427 g/mol. The zero-order valence-electron chi connectivity index (χ0n) is 17.3. The minimum absolute atomic E-state index is 0.115. The fourth-order valence-electron chi connectivity index (χ4n) is 3.10. The second-order valence-electron chi connectivity index (χ2n) is 7.13. The molecule has 1 N–H and O–H groups in total. The number of halogens is 1. The highest BCUT2D eigenvalue weighted by Gasteiger charge is 2.11. The van der Waals surface area contributed by atoms with Gasteiger partial charge in [0.2, 0.25) is 0 Å². The van der Waals surface area contributed by atoms with E-state index < -0.39 is 0 Å². The third-order valence-corrected chi connectivity index (χ3v) is 4.84. The van der Waals surface area contributed by atoms with E-state index in [0.717, 1.165) is 5.56 Å². The van der Waals surface area contributed by atoms with Crippen LogP contribution in [0.3, 0.4) is 0 Å². The van der Waals surface area contributed by atoms with Gasteiger partial charge in [0.1, 0.15) is 30.5 Å². The Morgan fingerprint density at radius 3 is 2.19 bits per heavy atom. The number of carbonyl (C=O) groups is 1. The van der Waals surface area contributed by atoms with E-state index in [0.29, 0.717) is 34.9 Å². The third-order valence-electron chi connectivity index (χ3n) is 4.84. The van der Waals surface area contributed by atoms with Crippen LogP contribution in [0, 0.1) is 5.82 Å². The predicted octanol–water partition coefficient (Wildman–Crippen LogP) is 6.24. The number of hydrogen-bond acceptors (Lipinski definition) is 3. The summed E-state index contributed by atoms with van der Waals surface area (Å²) < 4.78 is 25.2. The van der Waals surface area contributed by atoms with Gasteiger partial charge in [-0.2, -0.15) is 0 Å². The van der Waals surface area contributed by atoms with Gasteiger partial charge in [0, 0.05) is 11.1 Å². The molecule has 1 amide bonds. The Balaban J connectivity index is 1.37. The summed E-state index contributed by atoms with van der Waals surface area (Å²) in [5, 5.41) is 2.89. The van der Waals surface area contributed by atoms with Gasteiger partial charge in [-0.05, 0) is 48.0 Å². The highest BCUT2D eigenvalue weighted by Crippen LogP contribution is 2.26. The van der Waals surface area contributed by atoms with Crippen molar-refractivity contribution in [1.82, 2.24) is 0 Å². The molecule has 4 rings (SSSR count). The number of nitrogens with one attached hydrogen (secondary N) is 1. The van der Waals surface area contributed by atoms with Crippen molar-refractivity contribution in [2.24, 2.45) is 0 Å². The Labute approximate surface area is 186 Å². The van der Waals surface area contributed by atoms with Crippen LogP contribution < -0.4 is 14.8 Å². The highest BCUT2D eigenvalue weighted by atomic mass is 19.1. The summed E-state index contributed by atoms with van der Waals surface area (Å²) in [6, 6.07) is 30.3. The van der Waals surface area contributed by atoms with E-state index in [1.807, 2.05) is 48.5 Å². The number of anilines is 1. The maximum Gasteiger partial charge on any atom is 0.255 e. The van der Waals surface area contributed by atoms with Crippen molar-refractivity contribution >= 4 is 11.6 Å². The number of ether oxygens (including phenoxy) is 2. The molecule has 4 aromatic rings. The second-order valence-corrected chi connectivity index (χ2v) is 7.13. The van der Waals surface area contributed by atoms with Gasteiger partial charge in [0.15, 0.2) is 0 Å². The first-order valence-electron chi connectivity index (χ1n) is 10.2. The summed E-state index contributed by atoms with van der Waals surface area (Å²) in [5.41, 5.74) is 2.58. The number of amides is 1. The van der Waals surface area contributed by atoms with E-state index >= 15 is 0 Å². The first-order valence-corrected chi connectivity index (χ1v) is 10.2. The second kappa shape index (κ2) is 10.3. The minimum Gasteiger partial charge on any atom is -0.489 e. The molecule has 0 bridgehead atoms. The number of carbonyl (C=O) groups excluding carboxylic acids is 1. The van der Waals surface area contributed by atoms with Gasteiger partial charge in [0.05, 0.1) is 5.69 Å². The van der Waals surface area contributed by atoms with Crippen LogP contribution in [0.5, 0.6) is 11.5 Å². The van der Waals surface area contributed by atoms with Crippen LogP contribution in [0.4, 0.5) is 10.1 Å². The molecule has 0 unspecified atom stereocenters. The minimum atomic E-state index is -0.309. The van der Waals surface area contributed by atoms with Gasteiger partial charge in [-0.15, -0.1) is 0 Å². The van der Waals surface area contributed by atoms with Crippen LogP contribution in [0.2, 0.25) is 0 Å². The Kier molecular flexibility index (Phi) is 6.78. The lowest BCUT2D eigenvalue weighted by atomic mass is 10.2. The molecule has 0 atom stereocenters. The summed E-state index contributed by atoms with van der Waals surface area (Å²) in [6.07, 6.45) is 0. The van der Waals surface area contributed by atoms with E-state index in [1.54, 1.807) is 48.5 Å². The SMILES string of the molecule is O=C(Nc1ccccc1OCc1ccccc1)c1ccc(OCc2ccccc2F)cc1. The fraction of sp³-hybridized carbons (Fsp3) is 0.0741. The van der Waals surface area contributed by atoms with Crippen molar-refractivity contribution in [3.05, 3.63) is 126 Å². The lowest BCUT2D eigenvalue weighted by Gasteiger charge is -2.13. The summed E-state index contributed by atoms with van der Waals surface area (Å²) in [7, 11) is 0. The van der Waals surface area contributed by atoms with Gasteiger partial charge in [-0.1, -0.05) is 60.7 Å². The van der Waals surface area contributed by atoms with E-state index in [2.05, 4.69) is 5.32 Å². The Hall–Kier alpha value is -4.12. The lowest BCUT2D eigenvalue weighted by molar-refractivity contribution is 0.102. The molecule has 0 radical (unpaired) electrons. The molecule has 5 heteroatoms. The van der Waals surface area contributed by atoms with Crippen LogP contribution in [-0.4, -0.2) is 5.91 Å². The monoisotopic (exact) mass is 427 g/mol. The first-order chi connectivity index (χ1) is 15.7. The molecule has 160 valence electrons. The van der Waals surface area contributed by atoms with Crippen molar-refractivity contribution < 1.29 is 18.7 Å². The quantitative estimate of drug-likeness (QED) is 0.362. The number of rotatable bonds is 8. The molecule has 0 aliphatic carbocycles. The predicted molar refractivity (Wildman–Crippen MR) is 122 cm³/mol. The lowest BCUT2D eigenvalue weighted by Crippen LogP contribution is -2.13. The Morgan fingerprint density at radius 2 is 1.41 bits per heavy atom. The molecule has 4 aromatic carbocycles. The van der Waals surface area contributed by atoms with E-state index in [1.165, 1.54) is 6.07 Å². The van der Waals surface area contributed by atoms with Crippen molar-refractivity contribution in [1.29, 1.82) is 0 Å². The van der Waals surface area contributed by atoms with Crippen LogP contribution in [0.1, 0.15) is 21.5 Å². The molecule has 4 nitrogen and oxygen atoms in total. The molecule has 0 saturated carbocycles. The van der Waals surface area contributed by atoms with E-state index in [4.69, 9.17) is 9.47 Å². The van der Waals surface area contributed by atoms with Gasteiger partial charge in [-0.3, -0.25) is 4.79 Å². The van der Waals surface area contributed by atoms with Crippen LogP contribution in [-0.2, 0) is 13.2 Å². The normalized spacial score (nSPS) is 10.4. The average Bonchev–Trinajstić information content (AvgIpc) is 2.84. The molecular weight excluding hydrogens is 405 g/mol. The standard InChI is InChI=1S/C27H22FNO3/c28-24-11-5-4-10-22(24)19-31-23-16-14-21(15-17-23)27(30)29-25-12-6-7-13-26(25)32-18-20-8-2-1-3-9-20/h1-17H,18-19H2,(H,29,30). The highest BCUT2D eigenvalue weighted by molar-refractivity contribution is 6.05. The molecule has 0 aliphatic heterocycles. The number of benzene rings is 4. The maximum atomic E-state index is 13.7. The topological polar surface area (TPSA) is 47.6 Å². The van der Waals surface area contributed by atoms with E-state index in [-0.39, 0.29) is 18.3 Å². The van der Waals surface area contributed by atoms with Crippen molar-refractivity contribution in [3.8, 4) is 11.5 Å². The molecule has 0 saturated heterocycles. The number of para-hydroxylation sites is 2. The van der Waals surface area contributed by atoms with Crippen LogP contribution in [0.15, 0.2) is 103 Å². The first kappa shape index (κ1) is 21.1. The summed E-state index contributed by atoms with van der Waals surface area (Å²) >= 11 is 0. The van der Waals surface area contributed by atoms with Gasteiger partial charge in [0.25, 0.3) is 5.91 Å². The summed E-state index contributed by atoms with van der Waals surface area (Å²) in [4.78, 5) is 12.7. The smallest absolute Gasteiger partial charge is 0.255 e. The largest absolute Gasteiger partial charge is 0.489 e. The molecule has 32 heavy (non-hydrogen) atoms. The molecular formula is C27H22FNO3. The van der Waals surface area contributed by atoms with Crippen molar-refractivity contribution in [3.63, 3.8) is 0 Å². The zero-order valence-corrected chi connectivity index (χ0v) is 17.3. The summed E-state index contributed by atoms with van der Waals surface area (Å²) in [6.45, 7) is 0.520. The number of hydrogen-bond donors (Lipinski definition) is 1. The Morgan fingerprint density at radius 1 is 0.719 bits per heavy atom. The molecule has 0 aromatic heterocycles. The van der Waals surface area contributed by atoms with Gasteiger partial charge < -0.3 is 14.8 Å². The molecule has 0 aliphatic rings. The molecule has 0 fully saturated rings. The van der Waals surface area contributed by atoms with Gasteiger partial charge >= 0.3 is 0 Å². The Bertz CT molecular complexity index is 1180. The van der Waals surface area contributed by atoms with Crippen LogP contribution >= 0.6 is 0 Å². The maximum absolute atomic E-state index is 13.7. The van der Waals surface area contributed by atoms with Gasteiger partial charge in [-0.25, -0.2) is 4.39 Å². The zero-order chi connectivity index (χ0) is 22.2. The fourth-order valence-corrected chi connectivity index (χ4v) is 3.10. The summed E-state index contributed by atoms with van der Waals surface area (Å²) in [5.74, 6) is 0.573. The molecule has 0 heterocycles. The van der Waals surface area contributed by atoms with E-state index in [9.17, 15) is 9.18 Å². The van der Waals surface area contributed by atoms with Crippen LogP contribution in [0.25, 0.3) is 0 Å². The third kappa shape index (κ3) is 5.52. The van der Waals surface area contributed by atoms with Crippen molar-refractivity contribution in [2.75, 3.05) is 5.32 Å². The molecule has 0 spiro atoms. The van der Waals surface area contributed by atoms with Crippen molar-refractivity contribution in [2.45, 2.75) is 13.2 Å².